The molecular formula is C12H22. The molecule has 0 heteroatoms. The second kappa shape index (κ2) is 8.58. The van der Waals surface area contributed by atoms with Crippen LogP contribution in [0.25, 0.3) is 0 Å². The van der Waals surface area contributed by atoms with E-state index in [0.717, 1.165) is 0 Å². The molecule has 0 fully saturated rings. The van der Waals surface area contributed by atoms with E-state index in [-0.39, 0.29) is 0 Å². The summed E-state index contributed by atoms with van der Waals surface area (Å²) in [6.07, 6.45) is 12.2. The van der Waals surface area contributed by atoms with Gasteiger partial charge in [-0.1, -0.05) is 31.1 Å². The van der Waals surface area contributed by atoms with Crippen molar-refractivity contribution in [1.29, 1.82) is 0 Å². The van der Waals surface area contributed by atoms with Gasteiger partial charge in [-0.3, -0.25) is 0 Å². The zero-order valence-corrected chi connectivity index (χ0v) is 8.60. The largest absolute Gasteiger partial charge is 0.100 e. The van der Waals surface area contributed by atoms with Crippen LogP contribution in [0.2, 0.25) is 0 Å². The van der Waals surface area contributed by atoms with Crippen molar-refractivity contribution in [3.8, 4) is 0 Å². The third-order valence-electron chi connectivity index (χ3n) is 1.88. The van der Waals surface area contributed by atoms with E-state index in [0.29, 0.717) is 0 Å². The lowest BCUT2D eigenvalue weighted by Gasteiger charge is -1.97. The molecular weight excluding hydrogens is 144 g/mol. The molecule has 0 unspecified atom stereocenters. The Morgan fingerprint density at radius 1 is 1.17 bits per heavy atom. The first kappa shape index (κ1) is 11.5. The first-order valence-corrected chi connectivity index (χ1v) is 5.06. The zero-order chi connectivity index (χ0) is 9.23. The van der Waals surface area contributed by atoms with Gasteiger partial charge < -0.3 is 0 Å². The average Bonchev–Trinajstić information content (AvgIpc) is 2.02. The molecule has 0 heterocycles. The van der Waals surface area contributed by atoms with E-state index >= 15 is 0 Å². The first-order valence-electron chi connectivity index (χ1n) is 5.06. The van der Waals surface area contributed by atoms with E-state index in [1.54, 1.807) is 0 Å². The Morgan fingerprint density at radius 3 is 2.50 bits per heavy atom. The summed E-state index contributed by atoms with van der Waals surface area (Å²) in [6.45, 7) is 8.17. The van der Waals surface area contributed by atoms with Gasteiger partial charge in [0, 0.05) is 0 Å². The lowest BCUT2D eigenvalue weighted by molar-refractivity contribution is 0.684. The van der Waals surface area contributed by atoms with Crippen LogP contribution in [0.5, 0.6) is 0 Å². The second-order valence-electron chi connectivity index (χ2n) is 3.44. The molecule has 0 spiro atoms. The van der Waals surface area contributed by atoms with Gasteiger partial charge in [-0.15, -0.1) is 6.58 Å². The molecule has 70 valence electrons. The molecule has 0 rings (SSSR count). The molecule has 0 amide bonds. The van der Waals surface area contributed by atoms with Gasteiger partial charge in [-0.05, 0) is 39.0 Å². The van der Waals surface area contributed by atoms with Gasteiger partial charge in [-0.25, -0.2) is 0 Å². The van der Waals surface area contributed by atoms with Crippen molar-refractivity contribution in [1.82, 2.24) is 0 Å². The van der Waals surface area contributed by atoms with Gasteiger partial charge in [0.1, 0.15) is 0 Å². The SMILES string of the molecule is C=C(C)CCCCCC=CCC. The molecule has 0 saturated heterocycles. The van der Waals surface area contributed by atoms with Crippen LogP contribution in [0.4, 0.5) is 0 Å². The molecule has 12 heavy (non-hydrogen) atoms. The summed E-state index contributed by atoms with van der Waals surface area (Å²) in [6, 6.07) is 0. The van der Waals surface area contributed by atoms with Crippen molar-refractivity contribution in [2.45, 2.75) is 52.4 Å². The topological polar surface area (TPSA) is 0 Å². The normalized spacial score (nSPS) is 10.8. The molecule has 0 saturated carbocycles. The van der Waals surface area contributed by atoms with Gasteiger partial charge in [0.05, 0.1) is 0 Å². The minimum Gasteiger partial charge on any atom is -0.100 e. The number of rotatable bonds is 7. The van der Waals surface area contributed by atoms with Crippen LogP contribution in [-0.2, 0) is 0 Å². The smallest absolute Gasteiger partial charge is 0.0326 e. The fraction of sp³-hybridized carbons (Fsp3) is 0.667. The van der Waals surface area contributed by atoms with Crippen molar-refractivity contribution in [2.24, 2.45) is 0 Å². The second-order valence-corrected chi connectivity index (χ2v) is 3.44. The van der Waals surface area contributed by atoms with Gasteiger partial charge in [0.2, 0.25) is 0 Å². The third-order valence-corrected chi connectivity index (χ3v) is 1.88. The van der Waals surface area contributed by atoms with E-state index in [1.807, 2.05) is 0 Å². The predicted octanol–water partition coefficient (Wildman–Crippen LogP) is 4.48. The molecule has 0 aromatic carbocycles. The van der Waals surface area contributed by atoms with Crippen molar-refractivity contribution in [2.75, 3.05) is 0 Å². The van der Waals surface area contributed by atoms with Crippen LogP contribution in [-0.4, -0.2) is 0 Å². The van der Waals surface area contributed by atoms with Gasteiger partial charge >= 0.3 is 0 Å². The van der Waals surface area contributed by atoms with Crippen LogP contribution in [0.15, 0.2) is 24.3 Å². The molecule has 0 aliphatic carbocycles. The van der Waals surface area contributed by atoms with E-state index in [9.17, 15) is 0 Å². The molecule has 0 bridgehead atoms. The Hall–Kier alpha value is -0.520. The van der Waals surface area contributed by atoms with Gasteiger partial charge in [0.15, 0.2) is 0 Å². The Labute approximate surface area is 77.4 Å². The van der Waals surface area contributed by atoms with E-state index in [1.165, 1.54) is 44.1 Å². The average molecular weight is 166 g/mol. The Bertz CT molecular complexity index is 131. The molecule has 0 aliphatic heterocycles. The lowest BCUT2D eigenvalue weighted by Crippen LogP contribution is -1.77. The zero-order valence-electron chi connectivity index (χ0n) is 8.60. The molecule has 0 aliphatic rings. The predicted molar refractivity (Wildman–Crippen MR) is 57.3 cm³/mol. The van der Waals surface area contributed by atoms with Crippen LogP contribution in [0.3, 0.4) is 0 Å². The monoisotopic (exact) mass is 166 g/mol. The minimum atomic E-state index is 1.17. The molecule has 0 atom stereocenters. The molecule has 0 aromatic rings. The summed E-state index contributed by atoms with van der Waals surface area (Å²) < 4.78 is 0. The highest BCUT2D eigenvalue weighted by Gasteiger charge is 1.88. The summed E-state index contributed by atoms with van der Waals surface area (Å²) in [4.78, 5) is 0. The quantitative estimate of drug-likeness (QED) is 0.386. The Balaban J connectivity index is 3.00. The van der Waals surface area contributed by atoms with E-state index < -0.39 is 0 Å². The number of hydrogen-bond acceptors (Lipinski definition) is 0. The number of allylic oxidation sites excluding steroid dienone is 3. The van der Waals surface area contributed by atoms with Gasteiger partial charge in [0.25, 0.3) is 0 Å². The Kier molecular flexibility index (Phi) is 8.20. The van der Waals surface area contributed by atoms with Gasteiger partial charge in [-0.2, -0.15) is 0 Å². The summed E-state index contributed by atoms with van der Waals surface area (Å²) >= 11 is 0. The molecule has 0 radical (unpaired) electrons. The maximum Gasteiger partial charge on any atom is -0.0326 e. The molecule has 0 N–H and O–H groups in total. The van der Waals surface area contributed by atoms with Crippen molar-refractivity contribution in [3.63, 3.8) is 0 Å². The van der Waals surface area contributed by atoms with Crippen molar-refractivity contribution in [3.05, 3.63) is 24.3 Å². The minimum absolute atomic E-state index is 1.17. The highest BCUT2D eigenvalue weighted by Crippen LogP contribution is 2.07. The Morgan fingerprint density at radius 2 is 1.92 bits per heavy atom. The lowest BCUT2D eigenvalue weighted by atomic mass is 10.1. The van der Waals surface area contributed by atoms with E-state index in [4.69, 9.17) is 0 Å². The molecule has 0 aromatic heterocycles. The summed E-state index contributed by atoms with van der Waals surface area (Å²) in [5.74, 6) is 0. The number of unbranched alkanes of at least 4 members (excludes halogenated alkanes) is 3. The van der Waals surface area contributed by atoms with Crippen LogP contribution in [0, 0.1) is 0 Å². The third kappa shape index (κ3) is 9.48. The summed E-state index contributed by atoms with van der Waals surface area (Å²) in [5.41, 5.74) is 1.32. The standard InChI is InChI=1S/C12H22/c1-4-5-6-7-8-9-10-11-12(2)3/h5-6H,2,4,7-11H2,1,3H3. The van der Waals surface area contributed by atoms with E-state index in [2.05, 4.69) is 32.6 Å². The maximum atomic E-state index is 3.89. The highest BCUT2D eigenvalue weighted by molar-refractivity contribution is 4.87. The van der Waals surface area contributed by atoms with Crippen molar-refractivity contribution < 1.29 is 0 Å². The fourth-order valence-corrected chi connectivity index (χ4v) is 1.15. The first-order chi connectivity index (χ1) is 5.77. The molecule has 0 nitrogen and oxygen atoms in total. The van der Waals surface area contributed by atoms with Crippen LogP contribution >= 0.6 is 0 Å². The van der Waals surface area contributed by atoms with Crippen LogP contribution in [0.1, 0.15) is 52.4 Å². The van der Waals surface area contributed by atoms with Crippen LogP contribution < -0.4 is 0 Å². The maximum absolute atomic E-state index is 3.89. The van der Waals surface area contributed by atoms with Crippen molar-refractivity contribution >= 4 is 0 Å². The highest BCUT2D eigenvalue weighted by atomic mass is 13.9. The fourth-order valence-electron chi connectivity index (χ4n) is 1.15. The summed E-state index contributed by atoms with van der Waals surface area (Å²) in [5, 5.41) is 0. The summed E-state index contributed by atoms with van der Waals surface area (Å²) in [7, 11) is 0. The number of hydrogen-bond donors (Lipinski definition) is 0.